The first kappa shape index (κ1) is 24.1. The largest absolute Gasteiger partial charge is 0.508 e. The molecule has 0 spiro atoms. The number of carbonyl (C=O) groups excluding carboxylic acids is 2. The summed E-state index contributed by atoms with van der Waals surface area (Å²) in [5.74, 6) is -2.38. The minimum absolute atomic E-state index is 0.0500. The van der Waals surface area contributed by atoms with Gasteiger partial charge in [-0.05, 0) is 6.42 Å². The molecule has 0 aliphatic rings. The third kappa shape index (κ3) is 8.45. The Bertz CT molecular complexity index is 601. The van der Waals surface area contributed by atoms with Crippen LogP contribution < -0.4 is 5.32 Å². The number of amides is 1. The van der Waals surface area contributed by atoms with Crippen LogP contribution in [0.2, 0.25) is 0 Å². The molecule has 0 aromatic carbocycles. The maximum absolute atomic E-state index is 12.1. The van der Waals surface area contributed by atoms with E-state index in [4.69, 9.17) is 9.29 Å². The van der Waals surface area contributed by atoms with E-state index in [9.17, 15) is 27.9 Å². The van der Waals surface area contributed by atoms with Crippen LogP contribution in [0.15, 0.2) is 0 Å². The van der Waals surface area contributed by atoms with Crippen LogP contribution in [0.25, 0.3) is 0 Å². The van der Waals surface area contributed by atoms with Gasteiger partial charge in [0.25, 0.3) is 10.1 Å². The lowest BCUT2D eigenvalue weighted by Gasteiger charge is -2.34. The van der Waals surface area contributed by atoms with Crippen molar-refractivity contribution in [2.24, 2.45) is 5.41 Å². The number of aliphatic carboxylic acids is 1. The lowest BCUT2D eigenvalue weighted by atomic mass is 9.81. The van der Waals surface area contributed by atoms with Crippen LogP contribution in [0, 0.1) is 5.41 Å². The van der Waals surface area contributed by atoms with E-state index >= 15 is 0 Å². The summed E-state index contributed by atoms with van der Waals surface area (Å²) >= 11 is 0. The zero-order chi connectivity index (χ0) is 20.5. The van der Waals surface area contributed by atoms with Crippen LogP contribution in [0.1, 0.15) is 27.2 Å². The maximum Gasteiger partial charge on any atom is 0.508 e. The highest BCUT2D eigenvalue weighted by atomic mass is 32.2. The number of aliphatic hydroxyl groups excluding tert-OH is 1. The Balaban J connectivity index is 5.17. The van der Waals surface area contributed by atoms with E-state index < -0.39 is 52.2 Å². The topological polar surface area (TPSA) is 166 Å². The summed E-state index contributed by atoms with van der Waals surface area (Å²) in [5, 5.41) is 21.2. The van der Waals surface area contributed by atoms with Crippen molar-refractivity contribution in [2.75, 3.05) is 26.0 Å². The normalized spacial score (nSPS) is 14.2. The molecule has 0 aromatic heterocycles. The first-order valence-electron chi connectivity index (χ1n) is 7.60. The number of aliphatic hydroxyl groups is 1. The second-order valence-electron chi connectivity index (χ2n) is 6.01. The number of carboxylic acid groups (broad SMARTS) is 1. The fourth-order valence-corrected chi connectivity index (χ4v) is 3.05. The summed E-state index contributed by atoms with van der Waals surface area (Å²) in [4.78, 5) is 32.9. The molecule has 0 bridgehead atoms. The minimum Gasteiger partial charge on any atom is -0.479 e. The molecule has 152 valence electrons. The molecule has 0 saturated heterocycles. The van der Waals surface area contributed by atoms with Crippen molar-refractivity contribution in [3.63, 3.8) is 0 Å². The minimum atomic E-state index is -4.16. The van der Waals surface area contributed by atoms with Gasteiger partial charge in [0, 0.05) is 18.9 Å². The summed E-state index contributed by atoms with van der Waals surface area (Å²) in [6.45, 7) is 3.23. The molecule has 26 heavy (non-hydrogen) atoms. The van der Waals surface area contributed by atoms with Gasteiger partial charge in [0.1, 0.15) is 12.7 Å². The van der Waals surface area contributed by atoms with E-state index in [-0.39, 0.29) is 18.9 Å². The summed E-state index contributed by atoms with van der Waals surface area (Å²) in [5.41, 5.74) is -1.62. The quantitative estimate of drug-likeness (QED) is 0.234. The van der Waals surface area contributed by atoms with E-state index in [1.165, 1.54) is 20.8 Å². The predicted octanol–water partition coefficient (Wildman–Crippen LogP) is -0.518. The highest BCUT2D eigenvalue weighted by Crippen LogP contribution is 2.30. The molecule has 0 fully saturated rings. The van der Waals surface area contributed by atoms with Crippen LogP contribution in [-0.2, 0) is 33.4 Å². The lowest BCUT2D eigenvalue weighted by molar-refractivity contribution is -0.159. The third-order valence-corrected chi connectivity index (χ3v) is 4.81. The zero-order valence-electron chi connectivity index (χ0n) is 15.1. The molecule has 0 aliphatic heterocycles. The van der Waals surface area contributed by atoms with Crippen LogP contribution in [0.4, 0.5) is 4.79 Å². The monoisotopic (exact) mass is 399 g/mol. The van der Waals surface area contributed by atoms with Gasteiger partial charge >= 0.3 is 12.1 Å². The summed E-state index contributed by atoms with van der Waals surface area (Å²) < 4.78 is 38.1. The second kappa shape index (κ2) is 10.3. The molecule has 0 saturated carbocycles. The molecular weight excluding hydrogens is 374 g/mol. The van der Waals surface area contributed by atoms with E-state index in [2.05, 4.69) is 14.8 Å². The molecular formula is C14H25NO10S. The number of rotatable bonds is 11. The van der Waals surface area contributed by atoms with Crippen LogP contribution in [-0.4, -0.2) is 74.9 Å². The number of ether oxygens (including phenoxy) is 2. The van der Waals surface area contributed by atoms with Gasteiger partial charge in [0.15, 0.2) is 6.10 Å². The van der Waals surface area contributed by atoms with E-state index in [0.717, 1.165) is 7.11 Å². The third-order valence-electron chi connectivity index (χ3n) is 3.50. The highest BCUT2D eigenvalue weighted by Gasteiger charge is 2.44. The van der Waals surface area contributed by atoms with Gasteiger partial charge in [-0.3, -0.25) is 8.98 Å². The lowest BCUT2D eigenvalue weighted by Crippen LogP contribution is -2.49. The van der Waals surface area contributed by atoms with Gasteiger partial charge in [-0.15, -0.1) is 0 Å². The van der Waals surface area contributed by atoms with Gasteiger partial charge in [-0.2, -0.15) is 8.42 Å². The van der Waals surface area contributed by atoms with Crippen molar-refractivity contribution in [1.29, 1.82) is 0 Å². The predicted molar refractivity (Wildman–Crippen MR) is 87.7 cm³/mol. The summed E-state index contributed by atoms with van der Waals surface area (Å²) in [6, 6.07) is 0. The van der Waals surface area contributed by atoms with Crippen molar-refractivity contribution in [2.45, 2.75) is 39.4 Å². The molecule has 0 heterocycles. The molecule has 11 nitrogen and oxygen atoms in total. The molecule has 0 aromatic rings. The zero-order valence-corrected chi connectivity index (χ0v) is 15.9. The average molecular weight is 399 g/mol. The van der Waals surface area contributed by atoms with Crippen LogP contribution in [0.3, 0.4) is 0 Å². The molecule has 0 radical (unpaired) electrons. The van der Waals surface area contributed by atoms with Gasteiger partial charge in [0.05, 0.1) is 12.9 Å². The smallest absolute Gasteiger partial charge is 0.479 e. The van der Waals surface area contributed by atoms with E-state index in [1.54, 1.807) is 0 Å². The van der Waals surface area contributed by atoms with Crippen molar-refractivity contribution in [3.8, 4) is 0 Å². The molecule has 0 aliphatic carbocycles. The molecule has 1 unspecified atom stereocenters. The molecule has 3 N–H and O–H groups in total. The fourth-order valence-electron chi connectivity index (χ4n) is 1.80. The molecule has 2 atom stereocenters. The van der Waals surface area contributed by atoms with Crippen LogP contribution >= 0.6 is 0 Å². The highest BCUT2D eigenvalue weighted by molar-refractivity contribution is 7.86. The number of hydrogen-bond donors (Lipinski definition) is 3. The van der Waals surface area contributed by atoms with Crippen molar-refractivity contribution in [3.05, 3.63) is 0 Å². The Morgan fingerprint density at radius 3 is 2.27 bits per heavy atom. The Labute approximate surface area is 151 Å². The molecule has 12 heteroatoms. The Morgan fingerprint density at radius 1 is 1.23 bits per heavy atom. The fraction of sp³-hybridized carbons (Fsp3) is 0.786. The van der Waals surface area contributed by atoms with E-state index in [0.29, 0.717) is 0 Å². The van der Waals surface area contributed by atoms with Gasteiger partial charge in [0.2, 0.25) is 5.91 Å². The summed E-state index contributed by atoms with van der Waals surface area (Å²) in [6.07, 6.45) is -4.54. The van der Waals surface area contributed by atoms with E-state index in [1.807, 2.05) is 0 Å². The number of carbonyl (C=O) groups is 3. The van der Waals surface area contributed by atoms with Crippen molar-refractivity contribution in [1.82, 2.24) is 5.32 Å². The van der Waals surface area contributed by atoms with Gasteiger partial charge in [-0.25, -0.2) is 9.59 Å². The molecule has 0 rings (SSSR count). The average Bonchev–Trinajstić information content (AvgIpc) is 2.53. The number of nitrogens with one attached hydrogen (secondary N) is 1. The van der Waals surface area contributed by atoms with Crippen molar-refractivity contribution < 1.29 is 46.7 Å². The molecule has 1 amide bonds. The standard InChI is InChI=1S/C14H25NO10S/c1-9(16)15-6-5-7-26(21,22)25-10(8-24-13(20)23-4)14(2,3)11(17)12(18)19/h10-11,17H,5-8H2,1-4H3,(H,15,16)(H,18,19)/t10?,11-/m0/s1. The number of carboxylic acids is 1. The second-order valence-corrected chi connectivity index (χ2v) is 7.73. The van der Waals surface area contributed by atoms with Crippen LogP contribution in [0.5, 0.6) is 0 Å². The first-order chi connectivity index (χ1) is 11.8. The Kier molecular flexibility index (Phi) is 9.52. The van der Waals surface area contributed by atoms with Crippen molar-refractivity contribution >= 4 is 28.1 Å². The number of methoxy groups -OCH3 is 1. The SMILES string of the molecule is COC(=O)OCC(OS(=O)(=O)CCCNC(C)=O)C(C)(C)[C@@H](O)C(=O)O. The van der Waals surface area contributed by atoms with Gasteiger partial charge < -0.3 is 25.0 Å². The summed E-state index contributed by atoms with van der Waals surface area (Å²) in [7, 11) is -3.13. The number of hydrogen-bond acceptors (Lipinski definition) is 9. The Hall–Kier alpha value is -1.92. The Morgan fingerprint density at radius 2 is 1.81 bits per heavy atom. The first-order valence-corrected chi connectivity index (χ1v) is 9.18. The van der Waals surface area contributed by atoms with Gasteiger partial charge in [-0.1, -0.05) is 13.8 Å². The maximum atomic E-state index is 12.1.